The van der Waals surface area contributed by atoms with Gasteiger partial charge in [0.25, 0.3) is 0 Å². The van der Waals surface area contributed by atoms with Gasteiger partial charge in [-0.05, 0) is 97.4 Å². The molecule has 0 aliphatic heterocycles. The Kier molecular flexibility index (Phi) is 9.09. The Morgan fingerprint density at radius 3 is 2.22 bits per heavy atom. The minimum Gasteiger partial charge on any atom is -0.465 e. The van der Waals surface area contributed by atoms with E-state index in [0.717, 1.165) is 46.2 Å². The van der Waals surface area contributed by atoms with E-state index in [1.165, 1.54) is 29.5 Å². The van der Waals surface area contributed by atoms with Crippen LogP contribution in [0.3, 0.4) is 0 Å². The van der Waals surface area contributed by atoms with Crippen molar-refractivity contribution < 1.29 is 14.3 Å². The summed E-state index contributed by atoms with van der Waals surface area (Å²) < 4.78 is 14.2. The molecule has 0 spiro atoms. The maximum absolute atomic E-state index is 12.0. The van der Waals surface area contributed by atoms with E-state index in [1.807, 2.05) is 44.2 Å². The largest absolute Gasteiger partial charge is 0.465 e. The number of carbonyl (C=O) groups is 1. The summed E-state index contributed by atoms with van der Waals surface area (Å²) in [7, 11) is 1.41. The van der Waals surface area contributed by atoms with Gasteiger partial charge in [0.1, 0.15) is 11.5 Å². The van der Waals surface area contributed by atoms with Gasteiger partial charge in [0, 0.05) is 22.1 Å². The Balaban J connectivity index is 1.44. The van der Waals surface area contributed by atoms with Crippen LogP contribution in [0.2, 0.25) is 0 Å². The van der Waals surface area contributed by atoms with E-state index in [4.69, 9.17) is 9.47 Å². The predicted molar refractivity (Wildman–Crippen MR) is 134 cm³/mol. The molecule has 0 radical (unpaired) electrons. The summed E-state index contributed by atoms with van der Waals surface area (Å²) >= 11 is 3.32. The van der Waals surface area contributed by atoms with E-state index >= 15 is 0 Å². The van der Waals surface area contributed by atoms with Gasteiger partial charge in [-0.15, -0.1) is 11.8 Å². The van der Waals surface area contributed by atoms with Gasteiger partial charge in [0.15, 0.2) is 0 Å². The summed E-state index contributed by atoms with van der Waals surface area (Å²) in [6.45, 7) is 6.93. The zero-order valence-corrected chi connectivity index (χ0v) is 20.6. The van der Waals surface area contributed by atoms with Crippen molar-refractivity contribution in [1.29, 1.82) is 0 Å². The lowest BCUT2D eigenvalue weighted by Gasteiger charge is -2.11. The summed E-state index contributed by atoms with van der Waals surface area (Å²) in [4.78, 5) is 14.2. The van der Waals surface area contributed by atoms with Crippen molar-refractivity contribution in [2.75, 3.05) is 19.4 Å². The number of rotatable bonds is 10. The van der Waals surface area contributed by atoms with E-state index in [0.29, 0.717) is 5.56 Å². The number of aryl methyl sites for hydroxylation is 2. The number of carbonyl (C=O) groups excluding carboxylic acids is 1. The highest BCUT2D eigenvalue weighted by Gasteiger charge is 2.12. The van der Waals surface area contributed by atoms with Gasteiger partial charge in [0.2, 0.25) is 0 Å². The van der Waals surface area contributed by atoms with Crippen LogP contribution in [0.1, 0.15) is 34.0 Å². The molecule has 1 N–H and O–H groups in total. The average Bonchev–Trinajstić information content (AvgIpc) is 2.82. The van der Waals surface area contributed by atoms with Crippen molar-refractivity contribution in [3.63, 3.8) is 0 Å². The molecule has 0 aromatic heterocycles. The molecule has 3 aromatic rings. The first-order chi connectivity index (χ1) is 15.5. The molecule has 3 rings (SSSR count). The van der Waals surface area contributed by atoms with Crippen molar-refractivity contribution in [2.24, 2.45) is 0 Å². The van der Waals surface area contributed by atoms with Gasteiger partial charge in [-0.25, -0.2) is 4.79 Å². The summed E-state index contributed by atoms with van der Waals surface area (Å²) in [5.41, 5.74) is 3.96. The zero-order chi connectivity index (χ0) is 22.9. The van der Waals surface area contributed by atoms with Crippen molar-refractivity contribution in [2.45, 2.75) is 37.0 Å². The van der Waals surface area contributed by atoms with Crippen LogP contribution >= 0.6 is 23.7 Å². The summed E-state index contributed by atoms with van der Waals surface area (Å²) in [5, 5.41) is 0. The fraction of sp³-hybridized carbons (Fsp3) is 0.269. The molecule has 3 aromatic carbocycles. The molecule has 4 nitrogen and oxygen atoms in total. The molecule has 32 heavy (non-hydrogen) atoms. The first-order valence-corrected chi connectivity index (χ1v) is 12.4. The van der Waals surface area contributed by atoms with E-state index in [1.54, 1.807) is 11.8 Å². The first kappa shape index (κ1) is 24.2. The quantitative estimate of drug-likeness (QED) is 0.153. The lowest BCUT2D eigenvalue weighted by Crippen LogP contribution is -2.09. The van der Waals surface area contributed by atoms with Gasteiger partial charge in [-0.1, -0.05) is 19.1 Å². The third kappa shape index (κ3) is 6.79. The minimum atomic E-state index is -0.297. The molecule has 0 fully saturated rings. The lowest BCUT2D eigenvalue weighted by atomic mass is 10.0. The lowest BCUT2D eigenvalue weighted by molar-refractivity contribution is 0.0599. The molecule has 0 saturated heterocycles. The first-order valence-electron chi connectivity index (χ1n) is 10.6. The summed E-state index contributed by atoms with van der Waals surface area (Å²) in [6, 6.07) is 20.3. The molecule has 0 amide bonds. The van der Waals surface area contributed by atoms with Gasteiger partial charge in [0.05, 0.1) is 12.7 Å². The molecular weight excluding hydrogens is 438 g/mol. The maximum Gasteiger partial charge on any atom is 0.338 e. The van der Waals surface area contributed by atoms with Crippen LogP contribution in [0.25, 0.3) is 0 Å². The number of hydrogen-bond acceptors (Lipinski definition) is 6. The Hall–Kier alpha value is -2.41. The Morgan fingerprint density at radius 2 is 1.59 bits per heavy atom. The normalized spacial score (nSPS) is 10.8. The van der Waals surface area contributed by atoms with Crippen molar-refractivity contribution >= 4 is 29.7 Å². The van der Waals surface area contributed by atoms with E-state index in [-0.39, 0.29) is 5.97 Å². The minimum absolute atomic E-state index is 0.297. The predicted octanol–water partition coefficient (Wildman–Crippen LogP) is 6.83. The van der Waals surface area contributed by atoms with Crippen LogP contribution in [0.15, 0.2) is 70.5 Å². The van der Waals surface area contributed by atoms with Gasteiger partial charge >= 0.3 is 5.97 Å². The topological polar surface area (TPSA) is 47.6 Å². The van der Waals surface area contributed by atoms with Crippen molar-refractivity contribution in [1.82, 2.24) is 4.72 Å². The average molecular weight is 468 g/mol. The molecular formula is C26H29NO3S2. The molecule has 0 bridgehead atoms. The van der Waals surface area contributed by atoms with Crippen LogP contribution in [0.5, 0.6) is 11.5 Å². The SMILES string of the molecule is CCc1ccc(Oc2ccc(SCCNSc3cc(C)c(C)c(C(=O)OC)c3)cc2)cc1. The van der Waals surface area contributed by atoms with Crippen LogP contribution in [0.4, 0.5) is 0 Å². The molecule has 168 valence electrons. The number of methoxy groups -OCH3 is 1. The van der Waals surface area contributed by atoms with E-state index in [9.17, 15) is 4.79 Å². The second-order valence-corrected chi connectivity index (χ2v) is 9.45. The molecule has 0 saturated carbocycles. The highest BCUT2D eigenvalue weighted by Crippen LogP contribution is 2.26. The maximum atomic E-state index is 12.0. The zero-order valence-electron chi connectivity index (χ0n) is 18.9. The second-order valence-electron chi connectivity index (χ2n) is 7.32. The van der Waals surface area contributed by atoms with Crippen molar-refractivity contribution in [3.8, 4) is 11.5 Å². The fourth-order valence-corrected chi connectivity index (χ4v) is 4.77. The molecule has 6 heteroatoms. The fourth-order valence-electron chi connectivity index (χ4n) is 3.09. The number of nitrogens with one attached hydrogen (secondary N) is 1. The van der Waals surface area contributed by atoms with Crippen LogP contribution in [-0.4, -0.2) is 25.4 Å². The Labute approximate surface area is 199 Å². The number of ether oxygens (including phenoxy) is 2. The van der Waals surface area contributed by atoms with Crippen LogP contribution in [-0.2, 0) is 11.2 Å². The van der Waals surface area contributed by atoms with Crippen LogP contribution < -0.4 is 9.46 Å². The number of thioether (sulfide) groups is 1. The smallest absolute Gasteiger partial charge is 0.338 e. The molecule has 0 unspecified atom stereocenters. The third-order valence-corrected chi connectivity index (χ3v) is 6.93. The Morgan fingerprint density at radius 1 is 0.938 bits per heavy atom. The van der Waals surface area contributed by atoms with Gasteiger partial charge < -0.3 is 9.47 Å². The molecule has 0 heterocycles. The Bertz CT molecular complexity index is 1030. The number of hydrogen-bond donors (Lipinski definition) is 1. The van der Waals surface area contributed by atoms with Crippen LogP contribution in [0, 0.1) is 13.8 Å². The third-order valence-electron chi connectivity index (χ3n) is 5.10. The molecule has 0 aliphatic rings. The second kappa shape index (κ2) is 12.0. The number of esters is 1. The standard InChI is InChI=1S/C26H29NO3S2/c1-5-20-6-8-21(9-7-20)30-22-10-12-23(13-11-22)31-15-14-27-32-24-16-18(2)19(3)25(17-24)26(28)29-4/h6-13,16-17,27H,5,14-15H2,1-4H3. The summed E-state index contributed by atoms with van der Waals surface area (Å²) in [6.07, 6.45) is 1.03. The number of benzene rings is 3. The highest BCUT2D eigenvalue weighted by molar-refractivity contribution is 7.99. The van der Waals surface area contributed by atoms with E-state index < -0.39 is 0 Å². The van der Waals surface area contributed by atoms with Gasteiger partial charge in [-0.2, -0.15) is 0 Å². The molecule has 0 atom stereocenters. The van der Waals surface area contributed by atoms with Gasteiger partial charge in [-0.3, -0.25) is 4.72 Å². The van der Waals surface area contributed by atoms with Crippen molar-refractivity contribution in [3.05, 3.63) is 82.9 Å². The summed E-state index contributed by atoms with van der Waals surface area (Å²) in [5.74, 6) is 2.32. The molecule has 0 aliphatic carbocycles. The monoisotopic (exact) mass is 467 g/mol. The highest BCUT2D eigenvalue weighted by atomic mass is 32.2. The van der Waals surface area contributed by atoms with E-state index in [2.05, 4.69) is 42.0 Å².